The fourth-order valence-electron chi connectivity index (χ4n) is 0.714. The van der Waals surface area contributed by atoms with E-state index >= 15 is 0 Å². The second-order valence-electron chi connectivity index (χ2n) is 2.70. The Labute approximate surface area is 131 Å². The summed E-state index contributed by atoms with van der Waals surface area (Å²) in [6, 6.07) is 10.5. The van der Waals surface area contributed by atoms with E-state index < -0.39 is 6.98 Å². The minimum Gasteiger partial charge on any atom is -0.445 e. The molecule has 0 atom stereocenters. The summed E-state index contributed by atoms with van der Waals surface area (Å²) in [6.07, 6.45) is 1.14. The van der Waals surface area contributed by atoms with Crippen LogP contribution in [0.3, 0.4) is 0 Å². The minimum absolute atomic E-state index is 0. The summed E-state index contributed by atoms with van der Waals surface area (Å²) in [5.41, 5.74) is 1.41. The molecule has 0 nitrogen and oxygen atoms in total. The van der Waals surface area contributed by atoms with Crippen LogP contribution < -0.4 is 51.4 Å². The Morgan fingerprint density at radius 3 is 1.80 bits per heavy atom. The van der Waals surface area contributed by atoms with Gasteiger partial charge in [0.05, 0.1) is 0 Å². The van der Waals surface area contributed by atoms with Gasteiger partial charge in [0.25, 0.3) is 0 Å². The van der Waals surface area contributed by atoms with Crippen molar-refractivity contribution >= 4 is 6.98 Å². The molecule has 1 aromatic carbocycles. The molecule has 0 N–H and O–H groups in total. The molecule has 0 aliphatic rings. The molecule has 5 heteroatoms. The molecule has 1 aromatic rings. The summed E-state index contributed by atoms with van der Waals surface area (Å²) in [4.78, 5) is 0. The van der Waals surface area contributed by atoms with E-state index in [0.29, 0.717) is 0 Å². The molecule has 0 unspecified atom stereocenters. The van der Waals surface area contributed by atoms with Crippen LogP contribution in [0.1, 0.15) is 12.5 Å². The third-order valence-corrected chi connectivity index (χ3v) is 1.52. The molecular weight excluding hydrogens is 227 g/mol. The maximum absolute atomic E-state index is 10.7. The van der Waals surface area contributed by atoms with Gasteiger partial charge in [0.2, 0.25) is 0 Å². The second-order valence-corrected chi connectivity index (χ2v) is 2.70. The van der Waals surface area contributed by atoms with Gasteiger partial charge in [0.15, 0.2) is 0 Å². The molecule has 15 heavy (non-hydrogen) atoms. The standard InChI is InChI=1S/C8H10.C2H3BF3.K/c1-2-8-6-4-3-5-7-8;1-2-3(4,5)6;/h3-7H,2H2,1H3;2H,1H2;/q;-1;+1. The fraction of sp³-hybridized carbons (Fsp3) is 0.200. The Bertz CT molecular complexity index is 259. The summed E-state index contributed by atoms with van der Waals surface area (Å²) < 4.78 is 32.2. The monoisotopic (exact) mass is 240 g/mol. The van der Waals surface area contributed by atoms with Gasteiger partial charge in [-0.25, -0.2) is 0 Å². The third kappa shape index (κ3) is 12.4. The molecule has 0 aliphatic carbocycles. The Morgan fingerprint density at radius 2 is 1.60 bits per heavy atom. The molecule has 0 aliphatic heterocycles. The largest absolute Gasteiger partial charge is 1.00 e. The molecule has 0 heterocycles. The molecule has 0 fully saturated rings. The van der Waals surface area contributed by atoms with Gasteiger partial charge in [-0.15, -0.1) is 6.58 Å². The van der Waals surface area contributed by atoms with Crippen LogP contribution in [-0.2, 0) is 6.42 Å². The zero-order valence-electron chi connectivity index (χ0n) is 9.09. The van der Waals surface area contributed by atoms with Crippen molar-refractivity contribution in [2.45, 2.75) is 13.3 Å². The van der Waals surface area contributed by atoms with Crippen molar-refractivity contribution in [2.75, 3.05) is 0 Å². The Balaban J connectivity index is 0. The topological polar surface area (TPSA) is 0 Å². The van der Waals surface area contributed by atoms with Gasteiger partial charge in [0, 0.05) is 0 Å². The van der Waals surface area contributed by atoms with Crippen LogP contribution in [0.2, 0.25) is 0 Å². The van der Waals surface area contributed by atoms with E-state index in [1.165, 1.54) is 5.56 Å². The quantitative estimate of drug-likeness (QED) is 0.671. The second kappa shape index (κ2) is 9.66. The molecule has 1 rings (SSSR count). The van der Waals surface area contributed by atoms with Crippen LogP contribution >= 0.6 is 0 Å². The average Bonchev–Trinajstić information content (AvgIpc) is 2.19. The number of benzene rings is 1. The van der Waals surface area contributed by atoms with Crippen LogP contribution in [0.4, 0.5) is 12.9 Å². The number of hydrogen-bond donors (Lipinski definition) is 0. The van der Waals surface area contributed by atoms with Crippen molar-refractivity contribution in [3.8, 4) is 0 Å². The van der Waals surface area contributed by atoms with Crippen LogP contribution in [-0.4, -0.2) is 6.98 Å². The van der Waals surface area contributed by atoms with Crippen LogP contribution in [0.15, 0.2) is 42.9 Å². The fourth-order valence-corrected chi connectivity index (χ4v) is 0.714. The van der Waals surface area contributed by atoms with Crippen molar-refractivity contribution in [3.63, 3.8) is 0 Å². The first kappa shape index (κ1) is 17.8. The Kier molecular flexibility index (Phi) is 11.5. The van der Waals surface area contributed by atoms with Gasteiger partial charge < -0.3 is 12.9 Å². The molecule has 78 valence electrons. The molecule has 0 bridgehead atoms. The first-order valence-corrected chi connectivity index (χ1v) is 4.37. The molecular formula is C10H13BF3K. The average molecular weight is 240 g/mol. The van der Waals surface area contributed by atoms with Crippen molar-refractivity contribution < 1.29 is 64.3 Å². The summed E-state index contributed by atoms with van der Waals surface area (Å²) in [7, 11) is 0. The van der Waals surface area contributed by atoms with E-state index in [1.54, 1.807) is 0 Å². The third-order valence-electron chi connectivity index (χ3n) is 1.52. The SMILES string of the molecule is C=C[B-](F)(F)F.CCc1ccccc1.[K+]. The molecule has 0 saturated carbocycles. The van der Waals surface area contributed by atoms with Gasteiger partial charge in [-0.1, -0.05) is 37.3 Å². The van der Waals surface area contributed by atoms with E-state index in [9.17, 15) is 12.9 Å². The van der Waals surface area contributed by atoms with E-state index in [2.05, 4.69) is 37.8 Å². The maximum Gasteiger partial charge on any atom is 1.00 e. The molecule has 0 radical (unpaired) electrons. The molecule has 0 aromatic heterocycles. The van der Waals surface area contributed by atoms with Crippen LogP contribution in [0.5, 0.6) is 0 Å². The molecule has 0 saturated heterocycles. The normalized spacial score (nSPS) is 9.33. The summed E-state index contributed by atoms with van der Waals surface area (Å²) in [5.74, 6) is 0. The van der Waals surface area contributed by atoms with Crippen molar-refractivity contribution in [1.82, 2.24) is 0 Å². The predicted molar refractivity (Wildman–Crippen MR) is 55.1 cm³/mol. The number of halogens is 3. The van der Waals surface area contributed by atoms with Crippen LogP contribution in [0, 0.1) is 0 Å². The van der Waals surface area contributed by atoms with Crippen molar-refractivity contribution in [2.24, 2.45) is 0 Å². The van der Waals surface area contributed by atoms with E-state index in [-0.39, 0.29) is 57.4 Å². The zero-order valence-corrected chi connectivity index (χ0v) is 12.2. The zero-order chi connectivity index (χ0) is 11.0. The van der Waals surface area contributed by atoms with Crippen LogP contribution in [0.25, 0.3) is 0 Å². The molecule has 0 spiro atoms. The number of rotatable bonds is 2. The summed E-state index contributed by atoms with van der Waals surface area (Å²) in [5, 5.41) is 0. The Hall–Kier alpha value is 0.451. The smallest absolute Gasteiger partial charge is 0.445 e. The maximum atomic E-state index is 10.7. The van der Waals surface area contributed by atoms with E-state index in [1.807, 2.05) is 6.07 Å². The predicted octanol–water partition coefficient (Wildman–Crippen LogP) is 0.812. The van der Waals surface area contributed by atoms with E-state index in [0.717, 1.165) is 6.42 Å². The van der Waals surface area contributed by atoms with Crippen molar-refractivity contribution in [1.29, 1.82) is 0 Å². The van der Waals surface area contributed by atoms with E-state index in [4.69, 9.17) is 0 Å². The first-order chi connectivity index (χ1) is 6.49. The van der Waals surface area contributed by atoms with Gasteiger partial charge >= 0.3 is 58.4 Å². The number of aryl methyl sites for hydroxylation is 1. The number of hydrogen-bond acceptors (Lipinski definition) is 0. The molecule has 0 amide bonds. The summed E-state index contributed by atoms with van der Waals surface area (Å²) >= 11 is 0. The van der Waals surface area contributed by atoms with Gasteiger partial charge in [-0.05, 0) is 12.0 Å². The Morgan fingerprint density at radius 1 is 1.20 bits per heavy atom. The first-order valence-electron chi connectivity index (χ1n) is 4.37. The van der Waals surface area contributed by atoms with Gasteiger partial charge in [0.1, 0.15) is 0 Å². The van der Waals surface area contributed by atoms with Gasteiger partial charge in [-0.3, -0.25) is 0 Å². The van der Waals surface area contributed by atoms with Gasteiger partial charge in [-0.2, -0.15) is 5.98 Å². The minimum atomic E-state index is -4.72. The van der Waals surface area contributed by atoms with Crippen molar-refractivity contribution in [3.05, 3.63) is 48.4 Å². The summed E-state index contributed by atoms with van der Waals surface area (Å²) in [6.45, 7) is -0.0255.